The van der Waals surface area contributed by atoms with Gasteiger partial charge in [0.05, 0.1) is 33.0 Å². The normalized spacial score (nSPS) is 16.4. The lowest BCUT2D eigenvalue weighted by Gasteiger charge is -2.33. The third-order valence-corrected chi connectivity index (χ3v) is 4.68. The molecule has 1 aliphatic heterocycles. The van der Waals surface area contributed by atoms with Crippen LogP contribution in [0.25, 0.3) is 0 Å². The number of amides is 1. The molecule has 0 bridgehead atoms. The van der Waals surface area contributed by atoms with Gasteiger partial charge in [-0.1, -0.05) is 30.3 Å². The molecule has 1 heterocycles. The summed E-state index contributed by atoms with van der Waals surface area (Å²) in [5.41, 5.74) is 1.59. The molecule has 1 saturated heterocycles. The standard InChI is InChI=1S/C23H29NO5/c1-4-26-19-14-18(15-20(27-5-2)22(19)28-6-3)23(25)24-12-13-29-21(16-24)17-10-8-7-9-11-17/h7-11,14-15,21H,4-6,12-13,16H2,1-3H3/t21-/m0/s1. The fourth-order valence-corrected chi connectivity index (χ4v) is 3.40. The van der Waals surface area contributed by atoms with Crippen molar-refractivity contribution in [3.8, 4) is 17.2 Å². The van der Waals surface area contributed by atoms with Crippen LogP contribution < -0.4 is 14.2 Å². The molecule has 0 N–H and O–H groups in total. The van der Waals surface area contributed by atoms with Crippen LogP contribution in [-0.4, -0.2) is 50.3 Å². The van der Waals surface area contributed by atoms with Crippen LogP contribution in [0.3, 0.4) is 0 Å². The van der Waals surface area contributed by atoms with E-state index in [9.17, 15) is 4.79 Å². The maximum absolute atomic E-state index is 13.3. The molecule has 0 spiro atoms. The molecule has 1 aliphatic rings. The van der Waals surface area contributed by atoms with Crippen molar-refractivity contribution in [3.63, 3.8) is 0 Å². The van der Waals surface area contributed by atoms with E-state index in [1.165, 1.54) is 0 Å². The van der Waals surface area contributed by atoms with Gasteiger partial charge in [-0.05, 0) is 38.5 Å². The zero-order valence-electron chi connectivity index (χ0n) is 17.3. The summed E-state index contributed by atoms with van der Waals surface area (Å²) in [5, 5.41) is 0. The fourth-order valence-electron chi connectivity index (χ4n) is 3.40. The number of nitrogens with zero attached hydrogens (tertiary/aromatic N) is 1. The SMILES string of the molecule is CCOc1cc(C(=O)N2CCO[C@H](c3ccccc3)C2)cc(OCC)c1OCC. The molecule has 6 nitrogen and oxygen atoms in total. The molecule has 1 atom stereocenters. The number of morpholine rings is 1. The predicted octanol–water partition coefficient (Wildman–Crippen LogP) is 4.10. The molecule has 0 saturated carbocycles. The predicted molar refractivity (Wildman–Crippen MR) is 111 cm³/mol. The van der Waals surface area contributed by atoms with E-state index in [4.69, 9.17) is 18.9 Å². The third kappa shape index (κ3) is 5.01. The monoisotopic (exact) mass is 399 g/mol. The Hall–Kier alpha value is -2.73. The molecular weight excluding hydrogens is 370 g/mol. The average Bonchev–Trinajstić information content (AvgIpc) is 2.76. The number of carbonyl (C=O) groups excluding carboxylic acids is 1. The molecule has 1 fully saturated rings. The van der Waals surface area contributed by atoms with Crippen molar-refractivity contribution in [1.82, 2.24) is 4.90 Å². The summed E-state index contributed by atoms with van der Waals surface area (Å²) < 4.78 is 23.1. The number of hydrogen-bond acceptors (Lipinski definition) is 5. The van der Waals surface area contributed by atoms with Crippen molar-refractivity contribution in [1.29, 1.82) is 0 Å². The van der Waals surface area contributed by atoms with Crippen molar-refractivity contribution in [2.24, 2.45) is 0 Å². The molecule has 0 aliphatic carbocycles. The lowest BCUT2D eigenvalue weighted by molar-refractivity contribution is -0.0228. The van der Waals surface area contributed by atoms with Gasteiger partial charge in [-0.25, -0.2) is 0 Å². The molecule has 3 rings (SSSR count). The summed E-state index contributed by atoms with van der Waals surface area (Å²) in [6.45, 7) is 8.67. The van der Waals surface area contributed by atoms with Gasteiger partial charge in [-0.2, -0.15) is 0 Å². The van der Waals surface area contributed by atoms with E-state index in [2.05, 4.69) is 0 Å². The van der Waals surface area contributed by atoms with Crippen molar-refractivity contribution in [2.75, 3.05) is 39.5 Å². The summed E-state index contributed by atoms with van der Waals surface area (Å²) in [4.78, 5) is 15.1. The molecule has 156 valence electrons. The Morgan fingerprint density at radius 2 is 1.62 bits per heavy atom. The Labute approximate surface area is 172 Å². The molecule has 6 heteroatoms. The van der Waals surface area contributed by atoms with Crippen LogP contribution in [0.4, 0.5) is 0 Å². The van der Waals surface area contributed by atoms with E-state index in [0.717, 1.165) is 5.56 Å². The molecule has 2 aromatic rings. The largest absolute Gasteiger partial charge is 0.490 e. The van der Waals surface area contributed by atoms with E-state index >= 15 is 0 Å². The Morgan fingerprint density at radius 1 is 1.00 bits per heavy atom. The number of benzene rings is 2. The van der Waals surface area contributed by atoms with E-state index < -0.39 is 0 Å². The van der Waals surface area contributed by atoms with Crippen LogP contribution in [0.2, 0.25) is 0 Å². The minimum absolute atomic E-state index is 0.0702. The highest BCUT2D eigenvalue weighted by Crippen LogP contribution is 2.39. The topological polar surface area (TPSA) is 57.2 Å². The fraction of sp³-hybridized carbons (Fsp3) is 0.435. The second-order valence-corrected chi connectivity index (χ2v) is 6.62. The van der Waals surface area contributed by atoms with Crippen LogP contribution in [0.15, 0.2) is 42.5 Å². The summed E-state index contributed by atoms with van der Waals surface area (Å²) >= 11 is 0. The van der Waals surface area contributed by atoms with Gasteiger partial charge in [0.2, 0.25) is 5.75 Å². The van der Waals surface area contributed by atoms with Crippen molar-refractivity contribution < 1.29 is 23.7 Å². The zero-order valence-corrected chi connectivity index (χ0v) is 17.3. The molecule has 0 unspecified atom stereocenters. The smallest absolute Gasteiger partial charge is 0.254 e. The Bertz CT molecular complexity index is 781. The minimum Gasteiger partial charge on any atom is -0.490 e. The van der Waals surface area contributed by atoms with Gasteiger partial charge in [0.25, 0.3) is 5.91 Å². The number of ether oxygens (including phenoxy) is 4. The summed E-state index contributed by atoms with van der Waals surface area (Å²) in [7, 11) is 0. The first-order valence-electron chi connectivity index (χ1n) is 10.2. The van der Waals surface area contributed by atoms with Gasteiger partial charge >= 0.3 is 0 Å². The highest BCUT2D eigenvalue weighted by Gasteiger charge is 2.28. The molecular formula is C23H29NO5. The first-order chi connectivity index (χ1) is 14.2. The summed E-state index contributed by atoms with van der Waals surface area (Å²) in [6.07, 6.45) is -0.130. The quantitative estimate of drug-likeness (QED) is 0.669. The van der Waals surface area contributed by atoms with E-state index in [1.54, 1.807) is 12.1 Å². The lowest BCUT2D eigenvalue weighted by atomic mass is 10.1. The summed E-state index contributed by atoms with van der Waals surface area (Å²) in [6, 6.07) is 13.5. The number of hydrogen-bond donors (Lipinski definition) is 0. The van der Waals surface area contributed by atoms with Crippen LogP contribution in [0, 0.1) is 0 Å². The van der Waals surface area contributed by atoms with Crippen molar-refractivity contribution in [3.05, 3.63) is 53.6 Å². The van der Waals surface area contributed by atoms with E-state index in [1.807, 2.05) is 56.0 Å². The van der Waals surface area contributed by atoms with Crippen LogP contribution >= 0.6 is 0 Å². The number of rotatable bonds is 8. The average molecular weight is 399 g/mol. The number of carbonyl (C=O) groups is 1. The maximum Gasteiger partial charge on any atom is 0.254 e. The van der Waals surface area contributed by atoms with E-state index in [0.29, 0.717) is 62.3 Å². The summed E-state index contributed by atoms with van der Waals surface area (Å²) in [5.74, 6) is 1.52. The lowest BCUT2D eigenvalue weighted by Crippen LogP contribution is -2.42. The highest BCUT2D eigenvalue weighted by molar-refractivity contribution is 5.95. The Balaban J connectivity index is 1.87. The van der Waals surface area contributed by atoms with Gasteiger partial charge in [0, 0.05) is 12.1 Å². The Kier molecular flexibility index (Phi) is 7.36. The second-order valence-electron chi connectivity index (χ2n) is 6.62. The van der Waals surface area contributed by atoms with Gasteiger partial charge in [0.1, 0.15) is 6.10 Å². The first kappa shape index (κ1) is 21.0. The maximum atomic E-state index is 13.3. The Morgan fingerprint density at radius 3 is 2.21 bits per heavy atom. The second kappa shape index (κ2) is 10.2. The highest BCUT2D eigenvalue weighted by atomic mass is 16.5. The minimum atomic E-state index is -0.130. The van der Waals surface area contributed by atoms with Crippen molar-refractivity contribution >= 4 is 5.91 Å². The van der Waals surface area contributed by atoms with Crippen LogP contribution in [0.1, 0.15) is 42.8 Å². The van der Waals surface area contributed by atoms with Crippen molar-refractivity contribution in [2.45, 2.75) is 26.9 Å². The van der Waals surface area contributed by atoms with Gasteiger partial charge in [0.15, 0.2) is 11.5 Å². The van der Waals surface area contributed by atoms with Gasteiger partial charge < -0.3 is 23.8 Å². The third-order valence-electron chi connectivity index (χ3n) is 4.68. The molecule has 1 amide bonds. The molecule has 0 aromatic heterocycles. The van der Waals surface area contributed by atoms with E-state index in [-0.39, 0.29) is 12.0 Å². The molecule has 0 radical (unpaired) electrons. The van der Waals surface area contributed by atoms with Gasteiger partial charge in [-0.15, -0.1) is 0 Å². The molecule has 29 heavy (non-hydrogen) atoms. The van der Waals surface area contributed by atoms with Gasteiger partial charge in [-0.3, -0.25) is 4.79 Å². The van der Waals surface area contributed by atoms with Crippen LogP contribution in [-0.2, 0) is 4.74 Å². The first-order valence-corrected chi connectivity index (χ1v) is 10.2. The molecule has 2 aromatic carbocycles. The van der Waals surface area contributed by atoms with Crippen LogP contribution in [0.5, 0.6) is 17.2 Å². The zero-order chi connectivity index (χ0) is 20.6.